The van der Waals surface area contributed by atoms with Gasteiger partial charge in [0.05, 0.1) is 12.0 Å². The van der Waals surface area contributed by atoms with Crippen molar-refractivity contribution in [3.63, 3.8) is 0 Å². The van der Waals surface area contributed by atoms with Gasteiger partial charge in [-0.05, 0) is 31.6 Å². The second-order valence-electron chi connectivity index (χ2n) is 9.47. The Kier molecular flexibility index (Phi) is 6.16. The summed E-state index contributed by atoms with van der Waals surface area (Å²) in [6, 6.07) is 0. The number of hydrogen-bond donors (Lipinski definition) is 3. The number of carboxylic acid groups (broad SMARTS) is 3. The molecule has 0 aliphatic carbocycles. The molecule has 0 bridgehead atoms. The Labute approximate surface area is 149 Å². The van der Waals surface area contributed by atoms with Gasteiger partial charge >= 0.3 is 17.9 Å². The first-order chi connectivity index (χ1) is 10.8. The molecule has 0 aromatic rings. The predicted octanol–water partition coefficient (Wildman–Crippen LogP) is 3.26. The standard InChI is InChI=1S/C18H32O7/c1-14(2,3)18(13(23)24,15(4,5)6)17(12(21)22,10-11(19)20)25-16(7,8)9/h10H2,1-9H3,(H,19,20)(H,21,22)(H,23,24). The number of aliphatic carboxylic acids is 3. The van der Waals surface area contributed by atoms with Crippen LogP contribution in [0.1, 0.15) is 68.7 Å². The number of rotatable bonds is 6. The summed E-state index contributed by atoms with van der Waals surface area (Å²) in [4.78, 5) is 36.6. The Bertz CT molecular complexity index is 529. The molecule has 0 saturated carbocycles. The molecule has 7 heteroatoms. The van der Waals surface area contributed by atoms with Gasteiger partial charge < -0.3 is 20.1 Å². The maximum atomic E-state index is 12.6. The molecule has 0 amide bonds. The lowest BCUT2D eigenvalue weighted by molar-refractivity contribution is -0.262. The van der Waals surface area contributed by atoms with Gasteiger partial charge in [-0.1, -0.05) is 41.5 Å². The third-order valence-corrected chi connectivity index (χ3v) is 4.40. The summed E-state index contributed by atoms with van der Waals surface area (Å²) >= 11 is 0. The third-order valence-electron chi connectivity index (χ3n) is 4.40. The van der Waals surface area contributed by atoms with E-state index >= 15 is 0 Å². The van der Waals surface area contributed by atoms with E-state index in [1.807, 2.05) is 0 Å². The molecule has 0 aromatic carbocycles. The summed E-state index contributed by atoms with van der Waals surface area (Å²) in [6.45, 7) is 14.3. The van der Waals surface area contributed by atoms with E-state index in [2.05, 4.69) is 0 Å². The Morgan fingerprint density at radius 2 is 1.08 bits per heavy atom. The molecule has 3 N–H and O–H groups in total. The van der Waals surface area contributed by atoms with Crippen molar-refractivity contribution in [3.05, 3.63) is 0 Å². The van der Waals surface area contributed by atoms with Gasteiger partial charge in [0, 0.05) is 0 Å². The van der Waals surface area contributed by atoms with Crippen LogP contribution in [0.25, 0.3) is 0 Å². The van der Waals surface area contributed by atoms with Gasteiger partial charge in [-0.2, -0.15) is 0 Å². The van der Waals surface area contributed by atoms with Crippen LogP contribution < -0.4 is 0 Å². The van der Waals surface area contributed by atoms with Crippen LogP contribution in [-0.4, -0.2) is 44.4 Å². The van der Waals surface area contributed by atoms with Gasteiger partial charge in [0.1, 0.15) is 5.41 Å². The zero-order valence-electron chi connectivity index (χ0n) is 16.7. The summed E-state index contributed by atoms with van der Waals surface area (Å²) in [6.07, 6.45) is -0.972. The van der Waals surface area contributed by atoms with Gasteiger partial charge in [0.15, 0.2) is 5.60 Å². The second kappa shape index (κ2) is 6.59. The van der Waals surface area contributed by atoms with Crippen molar-refractivity contribution in [2.45, 2.75) is 79.9 Å². The van der Waals surface area contributed by atoms with Crippen LogP contribution in [0.2, 0.25) is 0 Å². The number of ether oxygens (including phenoxy) is 1. The summed E-state index contributed by atoms with van der Waals surface area (Å²) in [5.74, 6) is -4.44. The highest BCUT2D eigenvalue weighted by atomic mass is 16.6. The molecule has 146 valence electrons. The van der Waals surface area contributed by atoms with E-state index in [-0.39, 0.29) is 0 Å². The van der Waals surface area contributed by atoms with E-state index in [0.717, 1.165) is 0 Å². The summed E-state index contributed by atoms with van der Waals surface area (Å²) in [5, 5.41) is 29.8. The topological polar surface area (TPSA) is 121 Å². The van der Waals surface area contributed by atoms with Gasteiger partial charge in [0.25, 0.3) is 0 Å². The average Bonchev–Trinajstić information content (AvgIpc) is 2.19. The smallest absolute Gasteiger partial charge is 0.337 e. The summed E-state index contributed by atoms with van der Waals surface area (Å²) in [7, 11) is 0. The van der Waals surface area contributed by atoms with Gasteiger partial charge in [0.2, 0.25) is 0 Å². The highest BCUT2D eigenvalue weighted by Crippen LogP contribution is 2.61. The molecule has 0 aliphatic heterocycles. The lowest BCUT2D eigenvalue weighted by Crippen LogP contribution is -2.72. The minimum atomic E-state index is -2.47. The zero-order valence-corrected chi connectivity index (χ0v) is 16.7. The Morgan fingerprint density at radius 3 is 1.24 bits per heavy atom. The van der Waals surface area contributed by atoms with E-state index in [4.69, 9.17) is 4.74 Å². The van der Waals surface area contributed by atoms with E-state index in [9.17, 15) is 29.7 Å². The fourth-order valence-electron chi connectivity index (χ4n) is 4.41. The third kappa shape index (κ3) is 3.97. The Balaban J connectivity index is 7.36. The van der Waals surface area contributed by atoms with Gasteiger partial charge in [-0.25, -0.2) is 4.79 Å². The fraction of sp³-hybridized carbons (Fsp3) is 0.833. The molecular formula is C18H32O7. The molecule has 0 radical (unpaired) electrons. The van der Waals surface area contributed by atoms with Crippen molar-refractivity contribution in [2.24, 2.45) is 16.2 Å². The van der Waals surface area contributed by atoms with Crippen molar-refractivity contribution >= 4 is 17.9 Å². The normalized spacial score (nSPS) is 16.2. The second-order valence-corrected chi connectivity index (χ2v) is 9.47. The zero-order chi connectivity index (χ0) is 20.6. The molecule has 0 saturated heterocycles. The first-order valence-corrected chi connectivity index (χ1v) is 8.15. The highest BCUT2D eigenvalue weighted by Gasteiger charge is 2.74. The molecule has 0 aromatic heterocycles. The molecule has 25 heavy (non-hydrogen) atoms. The maximum Gasteiger partial charge on any atom is 0.337 e. The van der Waals surface area contributed by atoms with E-state index in [1.54, 1.807) is 62.3 Å². The lowest BCUT2D eigenvalue weighted by Gasteiger charge is -2.59. The Hall–Kier alpha value is -1.63. The molecular weight excluding hydrogens is 328 g/mol. The largest absolute Gasteiger partial charge is 0.481 e. The number of carboxylic acids is 3. The van der Waals surface area contributed by atoms with Crippen molar-refractivity contribution < 1.29 is 34.4 Å². The average molecular weight is 360 g/mol. The van der Waals surface area contributed by atoms with Crippen LogP contribution in [0.5, 0.6) is 0 Å². The van der Waals surface area contributed by atoms with Crippen molar-refractivity contribution in [2.75, 3.05) is 0 Å². The first-order valence-electron chi connectivity index (χ1n) is 8.15. The van der Waals surface area contributed by atoms with Crippen molar-refractivity contribution in [1.82, 2.24) is 0 Å². The van der Waals surface area contributed by atoms with E-state index in [1.165, 1.54) is 0 Å². The minimum Gasteiger partial charge on any atom is -0.481 e. The molecule has 1 unspecified atom stereocenters. The molecule has 0 spiro atoms. The summed E-state index contributed by atoms with van der Waals surface area (Å²) in [5.41, 5.74) is -7.85. The van der Waals surface area contributed by atoms with Crippen LogP contribution in [0.4, 0.5) is 0 Å². The lowest BCUT2D eigenvalue weighted by atomic mass is 9.46. The Morgan fingerprint density at radius 1 is 0.720 bits per heavy atom. The van der Waals surface area contributed by atoms with E-state index in [0.29, 0.717) is 0 Å². The van der Waals surface area contributed by atoms with Crippen LogP contribution in [-0.2, 0) is 19.1 Å². The minimum absolute atomic E-state index is 0.972. The van der Waals surface area contributed by atoms with Crippen LogP contribution in [0, 0.1) is 16.2 Å². The molecule has 1 atom stereocenters. The fourth-order valence-corrected chi connectivity index (χ4v) is 4.41. The van der Waals surface area contributed by atoms with E-state index < -0.39 is 51.8 Å². The number of hydrogen-bond acceptors (Lipinski definition) is 4. The predicted molar refractivity (Wildman–Crippen MR) is 92.4 cm³/mol. The molecule has 0 aliphatic rings. The van der Waals surface area contributed by atoms with Gasteiger partial charge in [-0.15, -0.1) is 0 Å². The van der Waals surface area contributed by atoms with Crippen LogP contribution >= 0.6 is 0 Å². The maximum absolute atomic E-state index is 12.6. The monoisotopic (exact) mass is 360 g/mol. The summed E-state index contributed by atoms with van der Waals surface area (Å²) < 4.78 is 5.82. The molecule has 0 fully saturated rings. The quantitative estimate of drug-likeness (QED) is 0.664. The number of carbonyl (C=O) groups is 3. The highest BCUT2D eigenvalue weighted by molar-refractivity contribution is 5.93. The van der Waals surface area contributed by atoms with Gasteiger partial charge in [-0.3, -0.25) is 9.59 Å². The van der Waals surface area contributed by atoms with Crippen molar-refractivity contribution in [3.8, 4) is 0 Å². The van der Waals surface area contributed by atoms with Crippen LogP contribution in [0.15, 0.2) is 0 Å². The molecule has 0 rings (SSSR count). The molecule has 0 heterocycles. The molecule has 7 nitrogen and oxygen atoms in total. The van der Waals surface area contributed by atoms with Crippen LogP contribution in [0.3, 0.4) is 0 Å². The SMILES string of the molecule is CC(C)(C)OC(CC(=O)O)(C(=O)O)C(C(=O)O)(C(C)(C)C)C(C)(C)C. The van der Waals surface area contributed by atoms with Crippen molar-refractivity contribution in [1.29, 1.82) is 0 Å². The first kappa shape index (κ1) is 23.4.